The Kier molecular flexibility index (Phi) is 6.53. The highest BCUT2D eigenvalue weighted by Crippen LogP contribution is 2.39. The number of carbonyl (C=O) groups is 1. The van der Waals surface area contributed by atoms with E-state index in [1.807, 2.05) is 44.2 Å². The van der Waals surface area contributed by atoms with Gasteiger partial charge in [0.15, 0.2) is 5.16 Å². The van der Waals surface area contributed by atoms with Crippen molar-refractivity contribution in [2.45, 2.75) is 45.2 Å². The van der Waals surface area contributed by atoms with Crippen molar-refractivity contribution in [3.05, 3.63) is 67.1 Å². The molecule has 0 saturated heterocycles. The Morgan fingerprint density at radius 2 is 2.06 bits per heavy atom. The molecule has 0 bridgehead atoms. The van der Waals surface area contributed by atoms with Gasteiger partial charge in [0, 0.05) is 9.75 Å². The molecule has 3 aromatic heterocycles. The van der Waals surface area contributed by atoms with E-state index in [-0.39, 0.29) is 17.2 Å². The SMILES string of the molecule is Cc1sc2nc(SCC(=O)Nc3sc4c(c3C#N)CCC(C)C4)n(-c3ccccc3)c(=O)c2c1C. The molecule has 0 aliphatic heterocycles. The van der Waals surface area contributed by atoms with Gasteiger partial charge in [-0.05, 0) is 62.3 Å². The minimum Gasteiger partial charge on any atom is -0.316 e. The van der Waals surface area contributed by atoms with E-state index in [0.717, 1.165) is 35.3 Å². The summed E-state index contributed by atoms with van der Waals surface area (Å²) in [6, 6.07) is 11.7. The van der Waals surface area contributed by atoms with Crippen LogP contribution in [0.5, 0.6) is 0 Å². The number of benzene rings is 1. The zero-order chi connectivity index (χ0) is 24.7. The molecule has 178 valence electrons. The van der Waals surface area contributed by atoms with Gasteiger partial charge in [0.1, 0.15) is 15.9 Å². The van der Waals surface area contributed by atoms with Crippen LogP contribution in [0.1, 0.15) is 39.8 Å². The average molecular weight is 521 g/mol. The van der Waals surface area contributed by atoms with Crippen LogP contribution in [0.25, 0.3) is 15.9 Å². The molecule has 9 heteroatoms. The first-order valence-electron chi connectivity index (χ1n) is 11.4. The van der Waals surface area contributed by atoms with Crippen LogP contribution >= 0.6 is 34.4 Å². The predicted octanol–water partition coefficient (Wildman–Crippen LogP) is 5.85. The second kappa shape index (κ2) is 9.61. The molecule has 1 aromatic carbocycles. The third kappa shape index (κ3) is 4.42. The van der Waals surface area contributed by atoms with Crippen LogP contribution in [0.4, 0.5) is 5.00 Å². The van der Waals surface area contributed by atoms with Crippen molar-refractivity contribution in [1.82, 2.24) is 9.55 Å². The van der Waals surface area contributed by atoms with Gasteiger partial charge in [0.2, 0.25) is 5.91 Å². The highest BCUT2D eigenvalue weighted by molar-refractivity contribution is 7.99. The number of thiophene rings is 2. The van der Waals surface area contributed by atoms with Crippen LogP contribution in [-0.2, 0) is 17.6 Å². The van der Waals surface area contributed by atoms with Gasteiger partial charge in [-0.25, -0.2) is 4.98 Å². The quantitative estimate of drug-likeness (QED) is 0.263. The monoisotopic (exact) mass is 520 g/mol. The Morgan fingerprint density at radius 1 is 1.29 bits per heavy atom. The molecule has 5 rings (SSSR count). The molecule has 6 nitrogen and oxygen atoms in total. The molecule has 0 fully saturated rings. The number of rotatable bonds is 5. The minimum atomic E-state index is -0.217. The Labute approximate surface area is 215 Å². The van der Waals surface area contributed by atoms with Crippen molar-refractivity contribution >= 4 is 55.6 Å². The number of hydrogen-bond donors (Lipinski definition) is 1. The van der Waals surface area contributed by atoms with Crippen LogP contribution in [0, 0.1) is 31.1 Å². The highest BCUT2D eigenvalue weighted by atomic mass is 32.2. The Hall–Kier alpha value is -2.93. The number of nitrogens with one attached hydrogen (secondary N) is 1. The number of hydrogen-bond acceptors (Lipinski definition) is 7. The van der Waals surface area contributed by atoms with Gasteiger partial charge in [-0.1, -0.05) is 36.9 Å². The predicted molar refractivity (Wildman–Crippen MR) is 144 cm³/mol. The molecule has 4 aromatic rings. The summed E-state index contributed by atoms with van der Waals surface area (Å²) in [5.74, 6) is 0.454. The van der Waals surface area contributed by atoms with Crippen LogP contribution in [-0.4, -0.2) is 21.2 Å². The van der Waals surface area contributed by atoms with Crippen LogP contribution in [0.3, 0.4) is 0 Å². The number of fused-ring (bicyclic) bond motifs is 2. The first-order chi connectivity index (χ1) is 16.9. The largest absolute Gasteiger partial charge is 0.316 e. The zero-order valence-corrected chi connectivity index (χ0v) is 22.1. The molecule has 0 saturated carbocycles. The van der Waals surface area contributed by atoms with Crippen molar-refractivity contribution in [2.24, 2.45) is 5.92 Å². The van der Waals surface area contributed by atoms with E-state index in [4.69, 9.17) is 4.98 Å². The molecule has 1 atom stereocenters. The number of anilines is 1. The van der Waals surface area contributed by atoms with E-state index in [2.05, 4.69) is 18.3 Å². The molecule has 35 heavy (non-hydrogen) atoms. The topological polar surface area (TPSA) is 87.8 Å². The van der Waals surface area contributed by atoms with Crippen molar-refractivity contribution < 1.29 is 4.79 Å². The van der Waals surface area contributed by atoms with Crippen LogP contribution < -0.4 is 10.9 Å². The highest BCUT2D eigenvalue weighted by Gasteiger charge is 2.25. The molecular formula is C26H24N4O2S3. The van der Waals surface area contributed by atoms with Gasteiger partial charge >= 0.3 is 0 Å². The van der Waals surface area contributed by atoms with Gasteiger partial charge < -0.3 is 5.32 Å². The standard InChI is InChI=1S/C26H24N4O2S3/c1-14-9-10-18-19(12-27)23(35-20(18)11-14)28-21(31)13-33-26-29-24-22(15(2)16(3)34-24)25(32)30(26)17-7-5-4-6-8-17/h4-8,14H,9-11,13H2,1-3H3,(H,28,31). The molecule has 0 radical (unpaired) electrons. The number of amides is 1. The van der Waals surface area contributed by atoms with Gasteiger partial charge in [-0.2, -0.15) is 5.26 Å². The Bertz CT molecular complexity index is 1540. The number of nitriles is 1. The molecule has 3 heterocycles. The van der Waals surface area contributed by atoms with Crippen molar-refractivity contribution in [3.8, 4) is 11.8 Å². The lowest BCUT2D eigenvalue weighted by Gasteiger charge is -2.17. The third-order valence-corrected chi connectivity index (χ3v) is 9.60. The van der Waals surface area contributed by atoms with Gasteiger partial charge in [-0.15, -0.1) is 22.7 Å². The van der Waals surface area contributed by atoms with Crippen molar-refractivity contribution in [2.75, 3.05) is 11.1 Å². The number of aryl methyl sites for hydroxylation is 2. The first kappa shape index (κ1) is 23.8. The second-order valence-electron chi connectivity index (χ2n) is 8.84. The van der Waals surface area contributed by atoms with E-state index in [1.54, 1.807) is 4.57 Å². The molecule has 1 aliphatic rings. The van der Waals surface area contributed by atoms with E-state index >= 15 is 0 Å². The number of carbonyl (C=O) groups excluding carboxylic acids is 1. The molecular weight excluding hydrogens is 497 g/mol. The smallest absolute Gasteiger partial charge is 0.267 e. The fourth-order valence-electron chi connectivity index (χ4n) is 4.43. The third-order valence-electron chi connectivity index (χ3n) is 6.40. The van der Waals surface area contributed by atoms with E-state index in [9.17, 15) is 14.9 Å². The molecule has 1 amide bonds. The minimum absolute atomic E-state index is 0.0813. The lowest BCUT2D eigenvalue weighted by molar-refractivity contribution is -0.113. The Morgan fingerprint density at radius 3 is 2.80 bits per heavy atom. The molecule has 1 unspecified atom stereocenters. The van der Waals surface area contributed by atoms with E-state index < -0.39 is 0 Å². The van der Waals surface area contributed by atoms with Gasteiger partial charge in [0.05, 0.1) is 22.4 Å². The van der Waals surface area contributed by atoms with Crippen molar-refractivity contribution in [3.63, 3.8) is 0 Å². The maximum atomic E-state index is 13.5. The van der Waals surface area contributed by atoms with Crippen LogP contribution in [0.2, 0.25) is 0 Å². The summed E-state index contributed by atoms with van der Waals surface area (Å²) in [7, 11) is 0. The lowest BCUT2D eigenvalue weighted by Crippen LogP contribution is -2.22. The second-order valence-corrected chi connectivity index (χ2v) is 12.1. The summed E-state index contributed by atoms with van der Waals surface area (Å²) in [5, 5.41) is 14.4. The molecule has 1 N–H and O–H groups in total. The summed E-state index contributed by atoms with van der Waals surface area (Å²) in [5.41, 5.74) is 3.22. The number of nitrogens with zero attached hydrogens (tertiary/aromatic N) is 3. The first-order valence-corrected chi connectivity index (χ1v) is 14.0. The fraction of sp³-hybridized carbons (Fsp3) is 0.308. The summed E-state index contributed by atoms with van der Waals surface area (Å²) in [6.07, 6.45) is 2.90. The maximum absolute atomic E-state index is 13.5. The van der Waals surface area contributed by atoms with Crippen LogP contribution in [0.15, 0.2) is 40.3 Å². The number of para-hydroxylation sites is 1. The maximum Gasteiger partial charge on any atom is 0.267 e. The summed E-state index contributed by atoms with van der Waals surface area (Å²) < 4.78 is 1.59. The fourth-order valence-corrected chi connectivity index (χ4v) is 7.69. The molecule has 0 spiro atoms. The van der Waals surface area contributed by atoms with E-state index in [0.29, 0.717) is 37.5 Å². The Balaban J connectivity index is 1.44. The van der Waals surface area contributed by atoms with Gasteiger partial charge in [-0.3, -0.25) is 14.2 Å². The zero-order valence-electron chi connectivity index (χ0n) is 19.7. The van der Waals surface area contributed by atoms with Gasteiger partial charge in [0.25, 0.3) is 5.56 Å². The average Bonchev–Trinajstić information content (AvgIpc) is 3.33. The van der Waals surface area contributed by atoms with Crippen molar-refractivity contribution in [1.29, 1.82) is 5.26 Å². The molecule has 1 aliphatic carbocycles. The normalized spacial score (nSPS) is 15.1. The number of thioether (sulfide) groups is 1. The number of aromatic nitrogens is 2. The summed E-state index contributed by atoms with van der Waals surface area (Å²) in [4.78, 5) is 34.2. The summed E-state index contributed by atoms with van der Waals surface area (Å²) >= 11 is 4.24. The summed E-state index contributed by atoms with van der Waals surface area (Å²) in [6.45, 7) is 6.15. The lowest BCUT2D eigenvalue weighted by atomic mass is 9.89. The van der Waals surface area contributed by atoms with E-state index in [1.165, 1.54) is 39.3 Å².